The van der Waals surface area contributed by atoms with E-state index in [1.54, 1.807) is 12.1 Å². The number of amides is 1. The van der Waals surface area contributed by atoms with Crippen LogP contribution in [0.5, 0.6) is 0 Å². The second-order valence-electron chi connectivity index (χ2n) is 6.29. The van der Waals surface area contributed by atoms with Gasteiger partial charge in [0, 0.05) is 36.5 Å². The SMILES string of the molecule is CCn1c(CCNC(=O)c2ccc3c(c2)SC2=NS(=O)(=O)CCN23)n[nH]c1=S. The number of carbonyl (C=O) groups excluding carboxylic acids is 1. The molecule has 0 bridgehead atoms. The Kier molecular flexibility index (Phi) is 5.02. The van der Waals surface area contributed by atoms with Crippen molar-refractivity contribution in [3.8, 4) is 0 Å². The van der Waals surface area contributed by atoms with Crippen LogP contribution in [0.25, 0.3) is 0 Å². The molecule has 1 amide bonds. The summed E-state index contributed by atoms with van der Waals surface area (Å²) in [5.41, 5.74) is 1.40. The molecule has 2 aliphatic heterocycles. The number of thioether (sulfide) groups is 1. The first-order valence-electron chi connectivity index (χ1n) is 8.72. The average molecular weight is 439 g/mol. The van der Waals surface area contributed by atoms with Gasteiger partial charge in [-0.2, -0.15) is 5.10 Å². The molecule has 0 aliphatic carbocycles. The van der Waals surface area contributed by atoms with E-state index in [0.29, 0.717) is 35.0 Å². The molecule has 1 aromatic heterocycles. The molecule has 2 aromatic rings. The Labute approximate surface area is 171 Å². The number of rotatable bonds is 5. The minimum atomic E-state index is -3.40. The molecular weight excluding hydrogens is 420 g/mol. The van der Waals surface area contributed by atoms with Crippen molar-refractivity contribution in [2.75, 3.05) is 23.7 Å². The highest BCUT2D eigenvalue weighted by Crippen LogP contribution is 2.42. The van der Waals surface area contributed by atoms with Gasteiger partial charge in [-0.05, 0) is 49.1 Å². The fourth-order valence-electron chi connectivity index (χ4n) is 3.13. The fraction of sp³-hybridized carbons (Fsp3) is 0.375. The lowest BCUT2D eigenvalue weighted by Crippen LogP contribution is -2.35. The van der Waals surface area contributed by atoms with Crippen molar-refractivity contribution in [2.24, 2.45) is 4.40 Å². The number of hydrogen-bond acceptors (Lipinski definition) is 7. The number of nitrogens with zero attached hydrogens (tertiary/aromatic N) is 4. The topological polar surface area (TPSA) is 112 Å². The van der Waals surface area contributed by atoms with Gasteiger partial charge in [0.1, 0.15) is 5.82 Å². The molecule has 3 heterocycles. The lowest BCUT2D eigenvalue weighted by Gasteiger charge is -2.22. The predicted octanol–water partition coefficient (Wildman–Crippen LogP) is 1.54. The minimum Gasteiger partial charge on any atom is -0.352 e. The van der Waals surface area contributed by atoms with Gasteiger partial charge < -0.3 is 14.8 Å². The molecule has 0 fully saturated rings. The molecule has 2 N–H and O–H groups in total. The number of amidine groups is 1. The number of benzene rings is 1. The van der Waals surface area contributed by atoms with Crippen molar-refractivity contribution in [3.63, 3.8) is 0 Å². The van der Waals surface area contributed by atoms with Crippen LogP contribution in [0.1, 0.15) is 23.1 Å². The van der Waals surface area contributed by atoms with Crippen LogP contribution >= 0.6 is 24.0 Å². The van der Waals surface area contributed by atoms with E-state index in [1.165, 1.54) is 11.8 Å². The third-order valence-corrected chi connectivity index (χ3v) is 7.14. The van der Waals surface area contributed by atoms with Gasteiger partial charge in [0.2, 0.25) is 0 Å². The number of hydrogen-bond donors (Lipinski definition) is 2. The summed E-state index contributed by atoms with van der Waals surface area (Å²) >= 11 is 6.43. The standard InChI is InChI=1S/C16H18N6O3S3/c1-2-21-13(18-19-15(21)26)5-6-17-14(23)10-3-4-11-12(9-10)27-16-20-28(24,25)8-7-22(11)16/h3-4,9H,2,5-8H2,1H3,(H,17,23)(H,19,26). The molecule has 4 rings (SSSR count). The van der Waals surface area contributed by atoms with Crippen LogP contribution < -0.4 is 10.2 Å². The maximum absolute atomic E-state index is 12.5. The average Bonchev–Trinajstić information content (AvgIpc) is 3.18. The molecule has 0 unspecified atom stereocenters. The summed E-state index contributed by atoms with van der Waals surface area (Å²) in [6.07, 6.45) is 0.564. The summed E-state index contributed by atoms with van der Waals surface area (Å²) < 4.78 is 29.7. The minimum absolute atomic E-state index is 0.00427. The summed E-state index contributed by atoms with van der Waals surface area (Å²) in [6.45, 7) is 3.51. The molecule has 0 atom stereocenters. The highest BCUT2D eigenvalue weighted by atomic mass is 32.2. The Morgan fingerprint density at radius 2 is 2.25 bits per heavy atom. The van der Waals surface area contributed by atoms with Crippen LogP contribution in [-0.2, 0) is 23.0 Å². The highest BCUT2D eigenvalue weighted by molar-refractivity contribution is 8.15. The van der Waals surface area contributed by atoms with Crippen LogP contribution in [0, 0.1) is 4.77 Å². The van der Waals surface area contributed by atoms with Gasteiger partial charge in [-0.3, -0.25) is 9.89 Å². The third-order valence-electron chi connectivity index (χ3n) is 4.52. The van der Waals surface area contributed by atoms with E-state index in [-0.39, 0.29) is 11.7 Å². The monoisotopic (exact) mass is 438 g/mol. The molecule has 2 aliphatic rings. The molecule has 0 saturated heterocycles. The van der Waals surface area contributed by atoms with Gasteiger partial charge in [-0.1, -0.05) is 0 Å². The number of aromatic amines is 1. The lowest BCUT2D eigenvalue weighted by molar-refractivity contribution is 0.0953. The van der Waals surface area contributed by atoms with Crippen LogP contribution in [0.15, 0.2) is 27.5 Å². The first-order chi connectivity index (χ1) is 13.4. The summed E-state index contributed by atoms with van der Waals surface area (Å²) in [7, 11) is -3.40. The van der Waals surface area contributed by atoms with Crippen molar-refractivity contribution < 1.29 is 13.2 Å². The van der Waals surface area contributed by atoms with Gasteiger partial charge in [0.05, 0.1) is 11.4 Å². The predicted molar refractivity (Wildman–Crippen MR) is 110 cm³/mol. The first-order valence-corrected chi connectivity index (χ1v) is 11.6. The maximum atomic E-state index is 12.5. The fourth-order valence-corrected chi connectivity index (χ4v) is 5.71. The van der Waals surface area contributed by atoms with Crippen LogP contribution in [-0.4, -0.2) is 53.1 Å². The zero-order chi connectivity index (χ0) is 19.9. The van der Waals surface area contributed by atoms with Crippen molar-refractivity contribution in [1.82, 2.24) is 20.1 Å². The normalized spacial score (nSPS) is 17.0. The Morgan fingerprint density at radius 1 is 1.43 bits per heavy atom. The van der Waals surface area contributed by atoms with E-state index >= 15 is 0 Å². The van der Waals surface area contributed by atoms with E-state index in [2.05, 4.69) is 19.9 Å². The number of anilines is 1. The summed E-state index contributed by atoms with van der Waals surface area (Å²) in [5.74, 6) is 0.601. The van der Waals surface area contributed by atoms with Crippen LogP contribution in [0.3, 0.4) is 0 Å². The number of fused-ring (bicyclic) bond motifs is 3. The van der Waals surface area contributed by atoms with E-state index in [1.807, 2.05) is 22.5 Å². The third kappa shape index (κ3) is 3.59. The van der Waals surface area contributed by atoms with E-state index < -0.39 is 10.0 Å². The molecular formula is C16H18N6O3S3. The number of aromatic nitrogens is 3. The zero-order valence-corrected chi connectivity index (χ0v) is 17.5. The first kappa shape index (κ1) is 19.2. The quantitative estimate of drug-likeness (QED) is 0.681. The number of nitrogens with one attached hydrogen (secondary N) is 2. The lowest BCUT2D eigenvalue weighted by atomic mass is 10.2. The van der Waals surface area contributed by atoms with Crippen molar-refractivity contribution in [1.29, 1.82) is 0 Å². The van der Waals surface area contributed by atoms with Gasteiger partial charge >= 0.3 is 0 Å². The molecule has 0 radical (unpaired) electrons. The summed E-state index contributed by atoms with van der Waals surface area (Å²) in [4.78, 5) is 15.2. The van der Waals surface area contributed by atoms with E-state index in [9.17, 15) is 13.2 Å². The van der Waals surface area contributed by atoms with Crippen LogP contribution in [0.4, 0.5) is 5.69 Å². The molecule has 148 valence electrons. The number of carbonyl (C=O) groups is 1. The Balaban J connectivity index is 1.44. The molecule has 28 heavy (non-hydrogen) atoms. The molecule has 1 aromatic carbocycles. The number of sulfonamides is 1. The summed E-state index contributed by atoms with van der Waals surface area (Å²) in [5, 5.41) is 10.3. The van der Waals surface area contributed by atoms with Gasteiger partial charge in [-0.15, -0.1) is 4.40 Å². The maximum Gasteiger partial charge on any atom is 0.257 e. The van der Waals surface area contributed by atoms with E-state index in [0.717, 1.165) is 23.0 Å². The second kappa shape index (κ2) is 7.33. The summed E-state index contributed by atoms with van der Waals surface area (Å²) in [6, 6.07) is 5.34. The smallest absolute Gasteiger partial charge is 0.257 e. The highest BCUT2D eigenvalue weighted by Gasteiger charge is 2.33. The molecule has 12 heteroatoms. The Morgan fingerprint density at radius 3 is 3.04 bits per heavy atom. The zero-order valence-electron chi connectivity index (χ0n) is 15.0. The molecule has 0 saturated carbocycles. The Hall–Kier alpha value is -2.18. The molecule has 9 nitrogen and oxygen atoms in total. The van der Waals surface area contributed by atoms with E-state index in [4.69, 9.17) is 12.2 Å². The Bertz CT molecular complexity index is 1130. The number of H-pyrrole nitrogens is 1. The van der Waals surface area contributed by atoms with Crippen LogP contribution in [0.2, 0.25) is 0 Å². The van der Waals surface area contributed by atoms with Gasteiger partial charge in [-0.25, -0.2) is 8.42 Å². The second-order valence-corrected chi connectivity index (χ2v) is 9.44. The van der Waals surface area contributed by atoms with Crippen molar-refractivity contribution >= 4 is 50.8 Å². The van der Waals surface area contributed by atoms with Gasteiger partial charge in [0.15, 0.2) is 9.94 Å². The molecule has 0 spiro atoms. The largest absolute Gasteiger partial charge is 0.352 e. The van der Waals surface area contributed by atoms with Gasteiger partial charge in [0.25, 0.3) is 15.9 Å². The van der Waals surface area contributed by atoms with Crippen molar-refractivity contribution in [3.05, 3.63) is 34.4 Å². The van der Waals surface area contributed by atoms with Crippen molar-refractivity contribution in [2.45, 2.75) is 24.8 Å².